The Morgan fingerprint density at radius 2 is 1.95 bits per heavy atom. The van der Waals surface area contributed by atoms with Gasteiger partial charge in [0.1, 0.15) is 6.10 Å². The van der Waals surface area contributed by atoms with Crippen LogP contribution in [0, 0.1) is 0 Å². The second kappa shape index (κ2) is 5.53. The molecule has 112 valence electrons. The van der Waals surface area contributed by atoms with Crippen molar-refractivity contribution in [3.8, 4) is 0 Å². The predicted octanol–water partition coefficient (Wildman–Crippen LogP) is 1.89. The van der Waals surface area contributed by atoms with Gasteiger partial charge in [-0.15, -0.1) is 0 Å². The molecule has 1 saturated heterocycles. The van der Waals surface area contributed by atoms with E-state index < -0.39 is 11.7 Å². The minimum absolute atomic E-state index is 0.355. The smallest absolute Gasteiger partial charge is 0.333 e. The number of carbonyl (C=O) groups excluding carboxylic acids is 1. The molecule has 3 rings (SSSR count). The third kappa shape index (κ3) is 2.68. The maximum Gasteiger partial charge on any atom is 0.333 e. The molecule has 4 heteroatoms. The Hall–Kier alpha value is -1.81. The van der Waals surface area contributed by atoms with Crippen LogP contribution in [0.3, 0.4) is 0 Å². The van der Waals surface area contributed by atoms with E-state index in [1.165, 1.54) is 0 Å². The van der Waals surface area contributed by atoms with Crippen LogP contribution in [0.4, 0.5) is 0 Å². The van der Waals surface area contributed by atoms with Gasteiger partial charge >= 0.3 is 5.97 Å². The van der Waals surface area contributed by atoms with Crippen molar-refractivity contribution >= 4 is 5.97 Å². The first-order valence-electron chi connectivity index (χ1n) is 7.52. The molecule has 1 aromatic carbocycles. The second-order valence-corrected chi connectivity index (χ2v) is 5.96. The van der Waals surface area contributed by atoms with Crippen molar-refractivity contribution in [1.82, 2.24) is 4.90 Å². The lowest BCUT2D eigenvalue weighted by Gasteiger charge is -2.36. The van der Waals surface area contributed by atoms with Gasteiger partial charge in [-0.25, -0.2) is 4.79 Å². The van der Waals surface area contributed by atoms with E-state index in [1.54, 1.807) is 6.08 Å². The van der Waals surface area contributed by atoms with E-state index >= 15 is 0 Å². The van der Waals surface area contributed by atoms with Gasteiger partial charge in [-0.05, 0) is 25.3 Å². The summed E-state index contributed by atoms with van der Waals surface area (Å²) in [6, 6.07) is 9.79. The molecule has 2 aliphatic heterocycles. The molecule has 0 aromatic heterocycles. The molecule has 0 unspecified atom stereocenters. The highest BCUT2D eigenvalue weighted by Crippen LogP contribution is 2.36. The zero-order valence-corrected chi connectivity index (χ0v) is 12.3. The van der Waals surface area contributed by atoms with Crippen molar-refractivity contribution in [3.63, 3.8) is 0 Å². The van der Waals surface area contributed by atoms with E-state index in [2.05, 4.69) is 4.90 Å². The highest BCUT2D eigenvalue weighted by molar-refractivity contribution is 5.86. The van der Waals surface area contributed by atoms with Crippen molar-refractivity contribution in [2.75, 3.05) is 13.1 Å². The Morgan fingerprint density at radius 3 is 2.62 bits per heavy atom. The summed E-state index contributed by atoms with van der Waals surface area (Å²) in [5, 5.41) is 10.7. The second-order valence-electron chi connectivity index (χ2n) is 5.96. The zero-order valence-electron chi connectivity index (χ0n) is 12.3. The molecule has 0 spiro atoms. The summed E-state index contributed by atoms with van der Waals surface area (Å²) in [6.07, 6.45) is 3.50. The molecule has 0 saturated carbocycles. The lowest BCUT2D eigenvalue weighted by molar-refractivity contribution is -0.154. The Morgan fingerprint density at radius 1 is 1.29 bits per heavy atom. The molecular weight excluding hydrogens is 266 g/mol. The third-order valence-corrected chi connectivity index (χ3v) is 4.43. The van der Waals surface area contributed by atoms with Gasteiger partial charge < -0.3 is 14.7 Å². The van der Waals surface area contributed by atoms with Crippen molar-refractivity contribution < 1.29 is 14.6 Å². The van der Waals surface area contributed by atoms with E-state index in [9.17, 15) is 9.90 Å². The Balaban J connectivity index is 1.81. The first-order chi connectivity index (χ1) is 10.1. The van der Waals surface area contributed by atoms with Crippen LogP contribution < -0.4 is 0 Å². The van der Waals surface area contributed by atoms with Gasteiger partial charge in [0, 0.05) is 25.6 Å². The van der Waals surface area contributed by atoms with E-state index in [1.807, 2.05) is 37.3 Å². The van der Waals surface area contributed by atoms with Gasteiger partial charge in [0.25, 0.3) is 0 Å². The van der Waals surface area contributed by atoms with Crippen LogP contribution in [0.25, 0.3) is 0 Å². The number of carbonyl (C=O) groups is 1. The Bertz CT molecular complexity index is 548. The third-order valence-electron chi connectivity index (χ3n) is 4.43. The fraction of sp³-hybridized carbons (Fsp3) is 0.471. The Labute approximate surface area is 125 Å². The first kappa shape index (κ1) is 14.1. The number of rotatable bonds is 4. The SMILES string of the molecule is C[C@@]1([C@H](O)Cc2ccccc2)OC(=O)C=C1N1CCCC1. The quantitative estimate of drug-likeness (QED) is 0.859. The van der Waals surface area contributed by atoms with Crippen LogP contribution in [-0.4, -0.2) is 40.8 Å². The number of esters is 1. The van der Waals surface area contributed by atoms with Crippen LogP contribution in [0.5, 0.6) is 0 Å². The fourth-order valence-electron chi connectivity index (χ4n) is 3.18. The molecule has 0 aliphatic carbocycles. The van der Waals surface area contributed by atoms with Gasteiger partial charge in [0.2, 0.25) is 0 Å². The maximum atomic E-state index is 11.7. The van der Waals surface area contributed by atoms with Gasteiger partial charge in [-0.1, -0.05) is 30.3 Å². The van der Waals surface area contributed by atoms with Gasteiger partial charge in [0.15, 0.2) is 5.60 Å². The molecule has 21 heavy (non-hydrogen) atoms. The maximum absolute atomic E-state index is 11.7. The van der Waals surface area contributed by atoms with Crippen molar-refractivity contribution in [2.24, 2.45) is 0 Å². The lowest BCUT2D eigenvalue weighted by atomic mass is 9.90. The van der Waals surface area contributed by atoms with Crippen molar-refractivity contribution in [2.45, 2.75) is 37.9 Å². The fourth-order valence-corrected chi connectivity index (χ4v) is 3.18. The predicted molar refractivity (Wildman–Crippen MR) is 79.5 cm³/mol. The number of likely N-dealkylation sites (tertiary alicyclic amines) is 1. The molecule has 0 radical (unpaired) electrons. The highest BCUT2D eigenvalue weighted by Gasteiger charge is 2.47. The van der Waals surface area contributed by atoms with E-state index in [-0.39, 0.29) is 5.97 Å². The number of hydrogen-bond donors (Lipinski definition) is 1. The van der Waals surface area contributed by atoms with Gasteiger partial charge in [0.05, 0.1) is 5.70 Å². The van der Waals surface area contributed by atoms with Gasteiger partial charge in [-0.2, -0.15) is 0 Å². The average Bonchev–Trinajstić information content (AvgIpc) is 3.08. The van der Waals surface area contributed by atoms with Gasteiger partial charge in [-0.3, -0.25) is 0 Å². The molecule has 1 N–H and O–H groups in total. The summed E-state index contributed by atoms with van der Waals surface area (Å²) in [7, 11) is 0. The zero-order chi connectivity index (χ0) is 14.9. The minimum atomic E-state index is -0.947. The molecular formula is C17H21NO3. The molecule has 2 atom stereocenters. The number of aliphatic hydroxyl groups is 1. The van der Waals surface area contributed by atoms with Crippen LogP contribution in [0.2, 0.25) is 0 Å². The number of benzene rings is 1. The molecule has 0 amide bonds. The number of cyclic esters (lactones) is 1. The highest BCUT2D eigenvalue weighted by atomic mass is 16.6. The van der Waals surface area contributed by atoms with Crippen LogP contribution in [0.15, 0.2) is 42.1 Å². The lowest BCUT2D eigenvalue weighted by Crippen LogP contribution is -2.47. The normalized spacial score (nSPS) is 26.7. The summed E-state index contributed by atoms with van der Waals surface area (Å²) < 4.78 is 5.48. The van der Waals surface area contributed by atoms with Crippen LogP contribution in [-0.2, 0) is 16.0 Å². The molecule has 2 heterocycles. The van der Waals surface area contributed by atoms with E-state index in [0.29, 0.717) is 6.42 Å². The summed E-state index contributed by atoms with van der Waals surface area (Å²) in [5.74, 6) is -0.355. The topological polar surface area (TPSA) is 49.8 Å². The number of hydrogen-bond acceptors (Lipinski definition) is 4. The largest absolute Gasteiger partial charge is 0.447 e. The van der Waals surface area contributed by atoms with Crippen molar-refractivity contribution in [3.05, 3.63) is 47.7 Å². The van der Waals surface area contributed by atoms with Crippen molar-refractivity contribution in [1.29, 1.82) is 0 Å². The molecule has 0 bridgehead atoms. The summed E-state index contributed by atoms with van der Waals surface area (Å²) in [6.45, 7) is 3.67. The number of nitrogens with zero attached hydrogens (tertiary/aromatic N) is 1. The minimum Gasteiger partial charge on any atom is -0.447 e. The average molecular weight is 287 g/mol. The number of ether oxygens (including phenoxy) is 1. The van der Waals surface area contributed by atoms with Crippen LogP contribution in [0.1, 0.15) is 25.3 Å². The van der Waals surface area contributed by atoms with E-state index in [0.717, 1.165) is 37.2 Å². The van der Waals surface area contributed by atoms with Crippen LogP contribution >= 0.6 is 0 Å². The Kier molecular flexibility index (Phi) is 3.72. The molecule has 2 aliphatic rings. The summed E-state index contributed by atoms with van der Waals surface area (Å²) in [4.78, 5) is 13.9. The molecule has 1 aromatic rings. The summed E-state index contributed by atoms with van der Waals surface area (Å²) >= 11 is 0. The number of aliphatic hydroxyl groups excluding tert-OH is 1. The first-order valence-corrected chi connectivity index (χ1v) is 7.52. The standard InChI is InChI=1S/C17H21NO3/c1-17(15(19)11-13-7-3-2-4-8-13)14(12-16(20)21-17)18-9-5-6-10-18/h2-4,7-8,12,15,19H,5-6,9-11H2,1H3/t15-,17-/m1/s1. The van der Waals surface area contributed by atoms with E-state index in [4.69, 9.17) is 4.74 Å². The molecule has 4 nitrogen and oxygen atoms in total. The monoisotopic (exact) mass is 287 g/mol. The summed E-state index contributed by atoms with van der Waals surface area (Å²) in [5.41, 5.74) is 0.917. The molecule has 1 fully saturated rings.